The molecule has 38 heavy (non-hydrogen) atoms. The number of carbonyl (C=O) groups excluding carboxylic acids is 1. The molecule has 3 heterocycles. The predicted molar refractivity (Wildman–Crippen MR) is 151 cm³/mol. The van der Waals surface area contributed by atoms with E-state index in [-0.39, 0.29) is 23.7 Å². The first-order valence-electron chi connectivity index (χ1n) is 11.3. The number of alkyl halides is 6. The van der Waals surface area contributed by atoms with Gasteiger partial charge in [0.05, 0.1) is 5.56 Å². The Hall–Kier alpha value is -2.16. The van der Waals surface area contributed by atoms with Crippen molar-refractivity contribution in [3.63, 3.8) is 0 Å². The van der Waals surface area contributed by atoms with Crippen molar-refractivity contribution < 1.29 is 9.53 Å². The number of aromatic nitrogens is 3. The van der Waals surface area contributed by atoms with Crippen LogP contribution in [0.2, 0.25) is 0 Å². The van der Waals surface area contributed by atoms with Gasteiger partial charge in [-0.05, 0) is 24.3 Å². The van der Waals surface area contributed by atoms with Crippen molar-refractivity contribution >= 4 is 86.9 Å². The number of hydrogen-bond acceptors (Lipinski definition) is 5. The molecule has 1 saturated heterocycles. The van der Waals surface area contributed by atoms with E-state index in [4.69, 9.17) is 74.3 Å². The molecule has 1 aromatic heterocycles. The highest BCUT2D eigenvalue weighted by Gasteiger charge is 2.66. The van der Waals surface area contributed by atoms with Gasteiger partial charge in [0.25, 0.3) is 6.23 Å². The van der Waals surface area contributed by atoms with Gasteiger partial charge in [0, 0.05) is 28.8 Å². The van der Waals surface area contributed by atoms with Gasteiger partial charge in [0.15, 0.2) is 24.0 Å². The summed E-state index contributed by atoms with van der Waals surface area (Å²) in [5, 5.41) is 0. The zero-order valence-electron chi connectivity index (χ0n) is 19.1. The lowest BCUT2D eigenvalue weighted by molar-refractivity contribution is 0.0424. The molecule has 0 N–H and O–H groups in total. The van der Waals surface area contributed by atoms with Crippen LogP contribution in [0.25, 0.3) is 22.5 Å². The number of halogens is 6. The van der Waals surface area contributed by atoms with E-state index in [0.29, 0.717) is 22.2 Å². The number of benzene rings is 3. The Balaban J connectivity index is 1.26. The van der Waals surface area contributed by atoms with E-state index in [0.717, 1.165) is 22.5 Å². The summed E-state index contributed by atoms with van der Waals surface area (Å²) in [5.41, 5.74) is 5.43. The Morgan fingerprint density at radius 1 is 0.737 bits per heavy atom. The van der Waals surface area contributed by atoms with Crippen LogP contribution in [0, 0.1) is 0 Å². The van der Waals surface area contributed by atoms with Gasteiger partial charge >= 0.3 is 5.97 Å². The van der Waals surface area contributed by atoms with E-state index >= 15 is 0 Å². The zero-order valence-corrected chi connectivity index (χ0v) is 23.6. The maximum atomic E-state index is 13.1. The average molecular weight is 628 g/mol. The second-order valence-corrected chi connectivity index (χ2v) is 13.4. The van der Waals surface area contributed by atoms with Crippen LogP contribution in [0.5, 0.6) is 0 Å². The molecule has 0 saturated carbocycles. The van der Waals surface area contributed by atoms with Crippen LogP contribution in [0.1, 0.15) is 22.0 Å². The summed E-state index contributed by atoms with van der Waals surface area (Å²) in [6.45, 7) is 0.669. The van der Waals surface area contributed by atoms with Crippen LogP contribution < -0.4 is 4.48 Å². The Morgan fingerprint density at radius 3 is 1.74 bits per heavy atom. The number of hydrogen-bond donors (Lipinski definition) is 0. The molecule has 0 bridgehead atoms. The lowest BCUT2D eigenvalue weighted by Crippen LogP contribution is -2.23. The fraction of sp³-hybridized carbons (Fsp3) is 0.154. The monoisotopic (exact) mass is 625 g/mol. The molecule has 1 unspecified atom stereocenters. The van der Waals surface area contributed by atoms with E-state index in [1.165, 1.54) is 0 Å². The lowest BCUT2D eigenvalue weighted by atomic mass is 10.1. The molecule has 2 aliphatic rings. The number of para-hydroxylation sites is 2. The molecule has 4 aromatic rings. The molecule has 6 nitrogen and oxygen atoms in total. The Bertz CT molecular complexity index is 1510. The van der Waals surface area contributed by atoms with Crippen molar-refractivity contribution in [3.05, 3.63) is 90.0 Å². The number of rotatable bonds is 3. The molecule has 3 aromatic carbocycles. The Labute approximate surface area is 247 Å². The van der Waals surface area contributed by atoms with Crippen molar-refractivity contribution in [2.75, 3.05) is 6.54 Å². The normalized spacial score (nSPS) is 17.2. The summed E-state index contributed by atoms with van der Waals surface area (Å²) in [6, 6.07) is 22.9. The fourth-order valence-electron chi connectivity index (χ4n) is 4.77. The number of quaternary nitrogens is 1. The van der Waals surface area contributed by atoms with Gasteiger partial charge in [-0.3, -0.25) is 0 Å². The Morgan fingerprint density at radius 2 is 1.24 bits per heavy atom. The second kappa shape index (κ2) is 9.20. The topological polar surface area (TPSA) is 65.0 Å². The highest BCUT2D eigenvalue weighted by molar-refractivity contribution is 6.67. The Kier molecular flexibility index (Phi) is 6.32. The number of nitrogens with zero attached hydrogens (tertiary/aromatic N) is 4. The smallest absolute Gasteiger partial charge is 0.342 e. The average Bonchev–Trinajstić information content (AvgIpc) is 3.54. The molecule has 2 aliphatic heterocycles. The summed E-state index contributed by atoms with van der Waals surface area (Å²) in [7, 11) is 0. The molecule has 12 heteroatoms. The lowest BCUT2D eigenvalue weighted by Gasteiger charge is -2.16. The summed E-state index contributed by atoms with van der Waals surface area (Å²) in [5.74, 6) is -0.741. The van der Waals surface area contributed by atoms with Crippen LogP contribution in [-0.2, 0) is 12.3 Å². The first kappa shape index (κ1) is 26.1. The quantitative estimate of drug-likeness (QED) is 0.0996. The molecular weight excluding hydrogens is 613 g/mol. The van der Waals surface area contributed by atoms with Crippen molar-refractivity contribution in [3.8, 4) is 22.5 Å². The van der Waals surface area contributed by atoms with E-state index in [9.17, 15) is 4.79 Å². The van der Waals surface area contributed by atoms with E-state index < -0.39 is 13.6 Å². The fourth-order valence-corrected chi connectivity index (χ4v) is 5.27. The van der Waals surface area contributed by atoms with Gasteiger partial charge in [-0.2, -0.15) is 0 Å². The molecule has 0 aliphatic carbocycles. The molecule has 192 valence electrons. The first-order valence-corrected chi connectivity index (χ1v) is 13.5. The third-order valence-corrected chi connectivity index (χ3v) is 7.54. The highest BCUT2D eigenvalue weighted by Crippen LogP contribution is 2.60. The highest BCUT2D eigenvalue weighted by atomic mass is 35.6. The summed E-state index contributed by atoms with van der Waals surface area (Å²) < 4.78 is 2.52. The van der Waals surface area contributed by atoms with Crippen molar-refractivity contribution in [1.82, 2.24) is 19.4 Å². The second-order valence-electron chi connectivity index (χ2n) is 8.82. The van der Waals surface area contributed by atoms with Crippen LogP contribution in [0.15, 0.2) is 72.8 Å². The van der Waals surface area contributed by atoms with Crippen LogP contribution >= 0.6 is 69.6 Å². The van der Waals surface area contributed by atoms with E-state index in [2.05, 4.69) is 39.2 Å². The van der Waals surface area contributed by atoms with E-state index in [1.54, 1.807) is 24.3 Å². The van der Waals surface area contributed by atoms with Gasteiger partial charge in [-0.1, -0.05) is 106 Å². The summed E-state index contributed by atoms with van der Waals surface area (Å²) in [6.07, 6.45) is -0.325. The molecular formula is C26H15Cl6N4O2+. The number of carbonyl (C=O) groups is 1. The molecule has 0 amide bonds. The summed E-state index contributed by atoms with van der Waals surface area (Å²) >= 11 is 35.8. The zero-order chi connectivity index (χ0) is 26.9. The molecule has 1 fully saturated rings. The minimum Gasteiger partial charge on any atom is -0.402 e. The van der Waals surface area contributed by atoms with Crippen LogP contribution in [0.3, 0.4) is 0 Å². The number of ether oxygens (including phenoxy) is 1. The molecule has 1 atom stereocenters. The standard InChI is InChI=1S/C26H15Cl6N4O2/c27-25(28,29)23-33-21(34-24(35-23)26(30,31)32)14-9-11-15(12-10-14)22(37)38-20-13-36(20)18-7-3-1-5-16(18)17-6-2-4-8-19(17)36/h1-12,20H,13H2/q+1. The van der Waals surface area contributed by atoms with Gasteiger partial charge in [-0.25, -0.2) is 24.2 Å². The minimum atomic E-state index is -1.97. The summed E-state index contributed by atoms with van der Waals surface area (Å²) in [4.78, 5) is 25.5. The molecule has 6 rings (SSSR count). The maximum absolute atomic E-state index is 13.1. The van der Waals surface area contributed by atoms with Crippen LogP contribution in [0.4, 0.5) is 11.4 Å². The predicted octanol–water partition coefficient (Wildman–Crippen LogP) is 8.01. The van der Waals surface area contributed by atoms with Gasteiger partial charge in [0.1, 0.15) is 11.4 Å². The molecule has 1 spiro atoms. The van der Waals surface area contributed by atoms with Crippen molar-refractivity contribution in [2.24, 2.45) is 0 Å². The van der Waals surface area contributed by atoms with Crippen LogP contribution in [-0.4, -0.2) is 33.7 Å². The largest absolute Gasteiger partial charge is 0.402 e. The SMILES string of the molecule is O=C(OC1C[N+]12c1ccccc1-c1ccccc12)c1ccc(-c2nc(C(Cl)(Cl)Cl)nc(C(Cl)(Cl)Cl)n2)cc1. The van der Waals surface area contributed by atoms with Gasteiger partial charge in [0.2, 0.25) is 7.59 Å². The van der Waals surface area contributed by atoms with E-state index in [1.807, 2.05) is 24.3 Å². The third kappa shape index (κ3) is 4.42. The third-order valence-electron chi connectivity index (χ3n) is 6.52. The molecule has 0 radical (unpaired) electrons. The minimum absolute atomic E-state index is 0.111. The van der Waals surface area contributed by atoms with Crippen molar-refractivity contribution in [1.29, 1.82) is 0 Å². The maximum Gasteiger partial charge on any atom is 0.342 e. The van der Waals surface area contributed by atoms with Gasteiger partial charge in [-0.15, -0.1) is 0 Å². The van der Waals surface area contributed by atoms with Crippen molar-refractivity contribution in [2.45, 2.75) is 13.8 Å². The number of esters is 1. The first-order chi connectivity index (χ1) is 18.0. The number of fused-ring (bicyclic) bond motifs is 5. The van der Waals surface area contributed by atoms with Gasteiger partial charge < -0.3 is 4.74 Å².